The lowest BCUT2D eigenvalue weighted by atomic mass is 10.2. The summed E-state index contributed by atoms with van der Waals surface area (Å²) in [7, 11) is 0. The molecule has 154 valence electrons. The first kappa shape index (κ1) is 18.7. The van der Waals surface area contributed by atoms with Crippen LogP contribution in [0.25, 0.3) is 11.0 Å². The third kappa shape index (κ3) is 3.66. The third-order valence-electron chi connectivity index (χ3n) is 5.81. The molecule has 1 aliphatic carbocycles. The number of amides is 1. The summed E-state index contributed by atoms with van der Waals surface area (Å²) in [6.07, 6.45) is 4.12. The second kappa shape index (κ2) is 7.53. The van der Waals surface area contributed by atoms with Gasteiger partial charge in [-0.2, -0.15) is 0 Å². The van der Waals surface area contributed by atoms with E-state index in [0.717, 1.165) is 38.9 Å². The zero-order valence-electron chi connectivity index (χ0n) is 16.5. The highest BCUT2D eigenvalue weighted by molar-refractivity contribution is 5.96. The summed E-state index contributed by atoms with van der Waals surface area (Å²) in [6, 6.07) is 11.9. The van der Waals surface area contributed by atoms with Gasteiger partial charge in [0, 0.05) is 37.9 Å². The Labute approximate surface area is 172 Å². The lowest BCUT2D eigenvalue weighted by molar-refractivity contribution is 0.0937. The molecule has 8 heteroatoms. The number of hydrogen-bond donors (Lipinski definition) is 2. The molecule has 0 radical (unpaired) electrons. The molecule has 2 N–H and O–H groups in total. The Morgan fingerprint density at radius 3 is 2.73 bits per heavy atom. The largest absolute Gasteiger partial charge is 0.348 e. The summed E-state index contributed by atoms with van der Waals surface area (Å²) in [5, 5.41) is 3.32. The number of pyridine rings is 1. The van der Waals surface area contributed by atoms with Crippen LogP contribution in [0, 0.1) is 0 Å². The summed E-state index contributed by atoms with van der Waals surface area (Å²) >= 11 is 0. The van der Waals surface area contributed by atoms with Gasteiger partial charge in [-0.1, -0.05) is 30.3 Å². The second-order valence-electron chi connectivity index (χ2n) is 8.14. The van der Waals surface area contributed by atoms with Crippen molar-refractivity contribution >= 4 is 16.9 Å². The number of carbonyl (C=O) groups excluding carboxylic acids is 1. The van der Waals surface area contributed by atoms with Crippen molar-refractivity contribution in [1.29, 1.82) is 0 Å². The van der Waals surface area contributed by atoms with Crippen LogP contribution in [0.5, 0.6) is 0 Å². The van der Waals surface area contributed by atoms with Gasteiger partial charge in [-0.15, -0.1) is 0 Å². The highest BCUT2D eigenvalue weighted by Gasteiger charge is 2.28. The molecule has 5 rings (SSSR count). The Kier molecular flexibility index (Phi) is 4.71. The van der Waals surface area contributed by atoms with Crippen LogP contribution in [-0.2, 0) is 6.54 Å². The van der Waals surface area contributed by atoms with E-state index in [0.29, 0.717) is 11.2 Å². The summed E-state index contributed by atoms with van der Waals surface area (Å²) in [5.74, 6) is -0.250. The van der Waals surface area contributed by atoms with Crippen LogP contribution < -0.4 is 16.6 Å². The quantitative estimate of drug-likeness (QED) is 0.669. The minimum Gasteiger partial charge on any atom is -0.348 e. The molecule has 1 aromatic carbocycles. The van der Waals surface area contributed by atoms with E-state index < -0.39 is 11.2 Å². The number of aromatic amines is 1. The van der Waals surface area contributed by atoms with Gasteiger partial charge in [-0.05, 0) is 30.9 Å². The smallest absolute Gasteiger partial charge is 0.330 e. The number of aromatic nitrogens is 3. The van der Waals surface area contributed by atoms with E-state index in [1.807, 2.05) is 18.2 Å². The van der Waals surface area contributed by atoms with Crippen LogP contribution in [0.4, 0.5) is 0 Å². The first-order valence-electron chi connectivity index (χ1n) is 10.3. The number of fused-ring (bicyclic) bond motifs is 1. The fourth-order valence-electron chi connectivity index (χ4n) is 4.14. The van der Waals surface area contributed by atoms with Crippen LogP contribution in [-0.4, -0.2) is 44.5 Å². The predicted molar refractivity (Wildman–Crippen MR) is 112 cm³/mol. The van der Waals surface area contributed by atoms with Gasteiger partial charge in [-0.25, -0.2) is 9.78 Å². The normalized spacial score (nSPS) is 19.3. The van der Waals surface area contributed by atoms with E-state index in [2.05, 4.69) is 32.3 Å². The second-order valence-corrected chi connectivity index (χ2v) is 8.14. The Morgan fingerprint density at radius 2 is 1.97 bits per heavy atom. The molecule has 1 saturated heterocycles. The Bertz CT molecular complexity index is 1210. The minimum atomic E-state index is -0.510. The fourth-order valence-corrected chi connectivity index (χ4v) is 4.14. The molecule has 1 saturated carbocycles. The predicted octanol–water partition coefficient (Wildman–Crippen LogP) is 1.42. The third-order valence-corrected chi connectivity index (χ3v) is 5.81. The van der Waals surface area contributed by atoms with Crippen molar-refractivity contribution in [2.24, 2.45) is 0 Å². The standard InChI is InChI=1S/C22H23N5O3/c28-20(24-16-8-9-26(13-16)12-14-4-2-1-3-5-14)15-10-18-19(23-11-15)27(17-6-7-17)22(30)25-21(18)29/h1-5,10-11,16-17H,6-9,12-13H2,(H,24,28)(H,25,29,30). The number of hydrogen-bond acceptors (Lipinski definition) is 5. The maximum atomic E-state index is 12.8. The number of benzene rings is 1. The van der Waals surface area contributed by atoms with E-state index in [9.17, 15) is 14.4 Å². The van der Waals surface area contributed by atoms with Gasteiger partial charge >= 0.3 is 5.69 Å². The minimum absolute atomic E-state index is 0.0515. The van der Waals surface area contributed by atoms with Crippen LogP contribution in [0.15, 0.2) is 52.2 Å². The first-order valence-corrected chi connectivity index (χ1v) is 10.3. The SMILES string of the molecule is O=C(NC1CCN(Cc2ccccc2)C1)c1cnc2c(c1)c(=O)[nH]c(=O)n2C1CC1. The lowest BCUT2D eigenvalue weighted by Crippen LogP contribution is -2.37. The van der Waals surface area contributed by atoms with Gasteiger partial charge in [0.15, 0.2) is 0 Å². The summed E-state index contributed by atoms with van der Waals surface area (Å²) in [4.78, 5) is 46.1. The van der Waals surface area contributed by atoms with Crippen molar-refractivity contribution < 1.29 is 4.79 Å². The van der Waals surface area contributed by atoms with E-state index in [1.54, 1.807) is 0 Å². The zero-order chi connectivity index (χ0) is 20.7. The van der Waals surface area contributed by atoms with E-state index >= 15 is 0 Å². The van der Waals surface area contributed by atoms with E-state index in [-0.39, 0.29) is 23.4 Å². The zero-order valence-corrected chi connectivity index (χ0v) is 16.5. The molecule has 0 bridgehead atoms. The Morgan fingerprint density at radius 1 is 1.17 bits per heavy atom. The monoisotopic (exact) mass is 405 g/mol. The molecule has 8 nitrogen and oxygen atoms in total. The van der Waals surface area contributed by atoms with Crippen LogP contribution in [0.3, 0.4) is 0 Å². The van der Waals surface area contributed by atoms with E-state index in [4.69, 9.17) is 0 Å². The number of H-pyrrole nitrogens is 1. The molecule has 3 aromatic rings. The highest BCUT2D eigenvalue weighted by atomic mass is 16.2. The summed E-state index contributed by atoms with van der Waals surface area (Å²) < 4.78 is 1.52. The molecule has 1 aliphatic heterocycles. The van der Waals surface area contributed by atoms with Gasteiger partial charge in [0.2, 0.25) is 0 Å². The number of rotatable bonds is 5. The van der Waals surface area contributed by atoms with Crippen LogP contribution in [0.1, 0.15) is 41.2 Å². The molecular formula is C22H23N5O3. The fraction of sp³-hybridized carbons (Fsp3) is 0.364. The number of nitrogens with one attached hydrogen (secondary N) is 2. The maximum absolute atomic E-state index is 12.8. The molecule has 0 spiro atoms. The number of carbonyl (C=O) groups is 1. The van der Waals surface area contributed by atoms with Gasteiger partial charge in [0.05, 0.1) is 10.9 Å². The first-order chi connectivity index (χ1) is 14.6. The average Bonchev–Trinajstić information content (AvgIpc) is 3.48. The number of nitrogens with zero attached hydrogens (tertiary/aromatic N) is 3. The molecule has 2 fully saturated rings. The molecule has 2 aliphatic rings. The maximum Gasteiger partial charge on any atom is 0.330 e. The summed E-state index contributed by atoms with van der Waals surface area (Å²) in [5.41, 5.74) is 0.977. The Balaban J connectivity index is 1.31. The van der Waals surface area contributed by atoms with Crippen molar-refractivity contribution in [3.05, 3.63) is 74.6 Å². The van der Waals surface area contributed by atoms with Crippen LogP contribution in [0.2, 0.25) is 0 Å². The van der Waals surface area contributed by atoms with Gasteiger partial charge in [0.1, 0.15) is 5.65 Å². The Hall–Kier alpha value is -3.26. The lowest BCUT2D eigenvalue weighted by Gasteiger charge is -2.17. The van der Waals surface area contributed by atoms with Gasteiger partial charge in [-0.3, -0.25) is 24.0 Å². The summed E-state index contributed by atoms with van der Waals surface area (Å²) in [6.45, 7) is 2.56. The van der Waals surface area contributed by atoms with Crippen molar-refractivity contribution in [2.45, 2.75) is 37.9 Å². The molecule has 1 unspecified atom stereocenters. The van der Waals surface area contributed by atoms with Crippen LogP contribution >= 0.6 is 0 Å². The number of likely N-dealkylation sites (tertiary alicyclic amines) is 1. The molecule has 30 heavy (non-hydrogen) atoms. The van der Waals surface area contributed by atoms with Gasteiger partial charge < -0.3 is 5.32 Å². The average molecular weight is 405 g/mol. The van der Waals surface area contributed by atoms with Gasteiger partial charge in [0.25, 0.3) is 11.5 Å². The molecular weight excluding hydrogens is 382 g/mol. The van der Waals surface area contributed by atoms with Crippen molar-refractivity contribution in [2.75, 3.05) is 13.1 Å². The van der Waals surface area contributed by atoms with Crippen molar-refractivity contribution in [3.8, 4) is 0 Å². The topological polar surface area (TPSA) is 100 Å². The highest BCUT2D eigenvalue weighted by Crippen LogP contribution is 2.34. The van der Waals surface area contributed by atoms with Crippen molar-refractivity contribution in [1.82, 2.24) is 24.8 Å². The molecule has 1 amide bonds. The molecule has 1 atom stereocenters. The van der Waals surface area contributed by atoms with Crippen molar-refractivity contribution in [3.63, 3.8) is 0 Å². The molecule has 2 aromatic heterocycles. The van der Waals surface area contributed by atoms with E-state index in [1.165, 1.54) is 22.4 Å². The molecule has 3 heterocycles.